The molecule has 0 atom stereocenters. The molecule has 2 heterocycles. The third-order valence-electron chi connectivity index (χ3n) is 4.92. The molecule has 0 bridgehead atoms. The number of rotatable bonds is 5. The van der Waals surface area contributed by atoms with Crippen molar-refractivity contribution in [3.05, 3.63) is 47.2 Å². The monoisotopic (exact) mass is 354 g/mol. The van der Waals surface area contributed by atoms with Gasteiger partial charge in [-0.05, 0) is 43.0 Å². The van der Waals surface area contributed by atoms with Crippen LogP contribution in [0.1, 0.15) is 28.0 Å². The van der Waals surface area contributed by atoms with Gasteiger partial charge in [0.2, 0.25) is 5.88 Å². The molecule has 0 radical (unpaired) electrons. The SMILES string of the molecule is COc1cccc(OC2CN(C(=O)c3cc4c(nc3OC)CCC4)C2)c1. The number of hydrogen-bond donors (Lipinski definition) is 0. The van der Waals surface area contributed by atoms with Gasteiger partial charge in [-0.2, -0.15) is 0 Å². The number of pyridine rings is 1. The summed E-state index contributed by atoms with van der Waals surface area (Å²) in [5.41, 5.74) is 2.77. The largest absolute Gasteiger partial charge is 0.497 e. The van der Waals surface area contributed by atoms with Crippen LogP contribution in [0.25, 0.3) is 0 Å². The molecule has 0 N–H and O–H groups in total. The average molecular weight is 354 g/mol. The maximum Gasteiger partial charge on any atom is 0.259 e. The maximum atomic E-state index is 12.8. The van der Waals surface area contributed by atoms with E-state index in [2.05, 4.69) is 4.98 Å². The molecule has 1 aromatic heterocycles. The van der Waals surface area contributed by atoms with Gasteiger partial charge in [0, 0.05) is 11.8 Å². The Balaban J connectivity index is 1.42. The Morgan fingerprint density at radius 2 is 1.92 bits per heavy atom. The number of amides is 1. The van der Waals surface area contributed by atoms with Crippen LogP contribution in [0.4, 0.5) is 0 Å². The fraction of sp³-hybridized carbons (Fsp3) is 0.400. The Hall–Kier alpha value is -2.76. The van der Waals surface area contributed by atoms with Crippen molar-refractivity contribution in [1.29, 1.82) is 0 Å². The highest BCUT2D eigenvalue weighted by molar-refractivity contribution is 5.97. The van der Waals surface area contributed by atoms with E-state index in [9.17, 15) is 4.79 Å². The van der Waals surface area contributed by atoms with Crippen molar-refractivity contribution in [3.63, 3.8) is 0 Å². The highest BCUT2D eigenvalue weighted by Gasteiger charge is 2.35. The van der Waals surface area contributed by atoms with E-state index in [1.165, 1.54) is 5.56 Å². The van der Waals surface area contributed by atoms with E-state index in [-0.39, 0.29) is 12.0 Å². The third-order valence-corrected chi connectivity index (χ3v) is 4.92. The zero-order chi connectivity index (χ0) is 18.1. The van der Waals surface area contributed by atoms with Crippen LogP contribution in [-0.4, -0.2) is 49.2 Å². The van der Waals surface area contributed by atoms with Gasteiger partial charge in [-0.15, -0.1) is 0 Å². The van der Waals surface area contributed by atoms with Crippen LogP contribution in [0, 0.1) is 0 Å². The minimum Gasteiger partial charge on any atom is -0.497 e. The van der Waals surface area contributed by atoms with Crippen molar-refractivity contribution in [3.8, 4) is 17.4 Å². The number of nitrogens with zero attached hydrogens (tertiary/aromatic N) is 2. The molecular formula is C20H22N2O4. The number of benzene rings is 1. The van der Waals surface area contributed by atoms with Crippen molar-refractivity contribution in [2.75, 3.05) is 27.3 Å². The molecule has 1 aliphatic carbocycles. The molecular weight excluding hydrogens is 332 g/mol. The van der Waals surface area contributed by atoms with Crippen LogP contribution in [-0.2, 0) is 12.8 Å². The second-order valence-electron chi connectivity index (χ2n) is 6.63. The molecule has 136 valence electrons. The molecule has 2 aromatic rings. The summed E-state index contributed by atoms with van der Waals surface area (Å²) in [5, 5.41) is 0. The Kier molecular flexibility index (Phi) is 4.41. The van der Waals surface area contributed by atoms with E-state index in [1.54, 1.807) is 19.1 Å². The van der Waals surface area contributed by atoms with E-state index in [0.717, 1.165) is 36.5 Å². The van der Waals surface area contributed by atoms with Gasteiger partial charge in [-0.25, -0.2) is 4.98 Å². The zero-order valence-electron chi connectivity index (χ0n) is 15.0. The van der Waals surface area contributed by atoms with Gasteiger partial charge in [0.15, 0.2) is 0 Å². The van der Waals surface area contributed by atoms with Crippen LogP contribution >= 0.6 is 0 Å². The summed E-state index contributed by atoms with van der Waals surface area (Å²) < 4.78 is 16.5. The fourth-order valence-corrected chi connectivity index (χ4v) is 3.48. The predicted octanol–water partition coefficient (Wildman–Crippen LogP) is 2.49. The van der Waals surface area contributed by atoms with Gasteiger partial charge in [0.1, 0.15) is 23.2 Å². The van der Waals surface area contributed by atoms with Crippen molar-refractivity contribution in [2.45, 2.75) is 25.4 Å². The first-order valence-electron chi connectivity index (χ1n) is 8.84. The molecule has 6 heteroatoms. The van der Waals surface area contributed by atoms with Gasteiger partial charge in [-0.1, -0.05) is 6.07 Å². The number of hydrogen-bond acceptors (Lipinski definition) is 5. The first-order valence-corrected chi connectivity index (χ1v) is 8.84. The number of fused-ring (bicyclic) bond motifs is 1. The molecule has 0 saturated carbocycles. The summed E-state index contributed by atoms with van der Waals surface area (Å²) in [5.74, 6) is 1.88. The lowest BCUT2D eigenvalue weighted by molar-refractivity contribution is 0.0174. The molecule has 1 aliphatic heterocycles. The zero-order valence-corrected chi connectivity index (χ0v) is 15.0. The number of likely N-dealkylation sites (tertiary alicyclic amines) is 1. The molecule has 1 amide bonds. The molecule has 4 rings (SSSR count). The van der Waals surface area contributed by atoms with Gasteiger partial charge in [0.05, 0.1) is 27.3 Å². The van der Waals surface area contributed by atoms with E-state index < -0.39 is 0 Å². The predicted molar refractivity (Wildman–Crippen MR) is 96.1 cm³/mol. The smallest absolute Gasteiger partial charge is 0.259 e. The second-order valence-corrected chi connectivity index (χ2v) is 6.63. The van der Waals surface area contributed by atoms with Gasteiger partial charge in [-0.3, -0.25) is 4.79 Å². The Labute approximate surface area is 152 Å². The molecule has 6 nitrogen and oxygen atoms in total. The highest BCUT2D eigenvalue weighted by Crippen LogP contribution is 2.29. The second kappa shape index (κ2) is 6.86. The van der Waals surface area contributed by atoms with Crippen LogP contribution < -0.4 is 14.2 Å². The number of carbonyl (C=O) groups excluding carboxylic acids is 1. The van der Waals surface area contributed by atoms with Crippen LogP contribution in [0.15, 0.2) is 30.3 Å². The third kappa shape index (κ3) is 3.07. The highest BCUT2D eigenvalue weighted by atomic mass is 16.5. The molecule has 2 aliphatic rings. The standard InChI is InChI=1S/C20H22N2O4/c1-24-14-6-4-7-15(10-14)26-16-11-22(12-16)20(23)17-9-13-5-3-8-18(13)21-19(17)25-2/h4,6-7,9-10,16H,3,5,8,11-12H2,1-2H3. The fourth-order valence-electron chi connectivity index (χ4n) is 3.48. The normalized spacial score (nSPS) is 16.0. The number of aromatic nitrogens is 1. The van der Waals surface area contributed by atoms with Gasteiger partial charge in [0.25, 0.3) is 5.91 Å². The van der Waals surface area contributed by atoms with Crippen molar-refractivity contribution < 1.29 is 19.0 Å². The molecule has 0 spiro atoms. The molecule has 1 saturated heterocycles. The molecule has 1 aromatic carbocycles. The summed E-state index contributed by atoms with van der Waals surface area (Å²) in [4.78, 5) is 19.1. The van der Waals surface area contributed by atoms with E-state index in [0.29, 0.717) is 24.5 Å². The lowest BCUT2D eigenvalue weighted by atomic mass is 10.1. The van der Waals surface area contributed by atoms with Crippen LogP contribution in [0.3, 0.4) is 0 Å². The first kappa shape index (κ1) is 16.7. The molecule has 1 fully saturated rings. The minimum atomic E-state index is -0.0467. The van der Waals surface area contributed by atoms with Crippen molar-refractivity contribution >= 4 is 5.91 Å². The van der Waals surface area contributed by atoms with Crippen molar-refractivity contribution in [1.82, 2.24) is 9.88 Å². The number of ether oxygens (including phenoxy) is 3. The molecule has 26 heavy (non-hydrogen) atoms. The Morgan fingerprint density at radius 1 is 1.12 bits per heavy atom. The Bertz CT molecular complexity index is 831. The van der Waals surface area contributed by atoms with Gasteiger partial charge < -0.3 is 19.1 Å². The minimum absolute atomic E-state index is 0.0144. The quantitative estimate of drug-likeness (QED) is 0.826. The summed E-state index contributed by atoms with van der Waals surface area (Å²) in [6, 6.07) is 9.44. The lowest BCUT2D eigenvalue weighted by Crippen LogP contribution is -2.56. The summed E-state index contributed by atoms with van der Waals surface area (Å²) in [7, 11) is 3.19. The first-order chi connectivity index (χ1) is 12.7. The maximum absolute atomic E-state index is 12.8. The van der Waals surface area contributed by atoms with Gasteiger partial charge >= 0.3 is 0 Å². The van der Waals surface area contributed by atoms with E-state index >= 15 is 0 Å². The van der Waals surface area contributed by atoms with E-state index in [4.69, 9.17) is 14.2 Å². The summed E-state index contributed by atoms with van der Waals surface area (Å²) in [6.07, 6.45) is 3.01. The number of methoxy groups -OCH3 is 2. The summed E-state index contributed by atoms with van der Waals surface area (Å²) in [6.45, 7) is 1.10. The summed E-state index contributed by atoms with van der Waals surface area (Å²) >= 11 is 0. The Morgan fingerprint density at radius 3 is 2.69 bits per heavy atom. The lowest BCUT2D eigenvalue weighted by Gasteiger charge is -2.39. The molecule has 0 unspecified atom stereocenters. The van der Waals surface area contributed by atoms with E-state index in [1.807, 2.05) is 30.3 Å². The number of aryl methyl sites for hydroxylation is 2. The topological polar surface area (TPSA) is 60.9 Å². The average Bonchev–Trinajstić information content (AvgIpc) is 3.10. The number of carbonyl (C=O) groups is 1. The van der Waals surface area contributed by atoms with Crippen LogP contribution in [0.5, 0.6) is 17.4 Å². The van der Waals surface area contributed by atoms with Crippen LogP contribution in [0.2, 0.25) is 0 Å². The van der Waals surface area contributed by atoms with Crippen molar-refractivity contribution in [2.24, 2.45) is 0 Å².